The van der Waals surface area contributed by atoms with Crippen molar-refractivity contribution in [3.63, 3.8) is 0 Å². The van der Waals surface area contributed by atoms with Gasteiger partial charge in [0, 0.05) is 37.3 Å². The maximum absolute atomic E-state index is 12.0. The van der Waals surface area contributed by atoms with Crippen LogP contribution in [-0.2, 0) is 11.3 Å². The number of halogens is 1. The first-order valence-corrected chi connectivity index (χ1v) is 6.31. The van der Waals surface area contributed by atoms with Crippen LogP contribution in [0.25, 0.3) is 0 Å². The van der Waals surface area contributed by atoms with Gasteiger partial charge in [0.2, 0.25) is 5.91 Å². The minimum absolute atomic E-state index is 0.121. The third kappa shape index (κ3) is 3.23. The smallest absolute Gasteiger partial charge is 0.228 e. The summed E-state index contributed by atoms with van der Waals surface area (Å²) in [7, 11) is 1.75. The van der Waals surface area contributed by atoms with Crippen LogP contribution in [-0.4, -0.2) is 30.1 Å². The number of hydrogen-bond donors (Lipinski definition) is 1. The number of hydrazone groups is 1. The first-order valence-electron chi connectivity index (χ1n) is 5.93. The molecule has 1 aromatic carbocycles. The Morgan fingerprint density at radius 2 is 2.33 bits per heavy atom. The number of benzene rings is 1. The van der Waals surface area contributed by atoms with Gasteiger partial charge in [-0.25, -0.2) is 0 Å². The Labute approximate surface area is 112 Å². The van der Waals surface area contributed by atoms with Crippen molar-refractivity contribution in [1.82, 2.24) is 10.3 Å². The Morgan fingerprint density at radius 1 is 1.50 bits per heavy atom. The van der Waals surface area contributed by atoms with Gasteiger partial charge in [-0.3, -0.25) is 4.79 Å². The molecular formula is C13H16ClN3O. The van der Waals surface area contributed by atoms with Crippen LogP contribution in [0.1, 0.15) is 18.4 Å². The van der Waals surface area contributed by atoms with Crippen LogP contribution >= 0.6 is 11.6 Å². The zero-order chi connectivity index (χ0) is 13.0. The van der Waals surface area contributed by atoms with Gasteiger partial charge >= 0.3 is 0 Å². The summed E-state index contributed by atoms with van der Waals surface area (Å²) in [6.07, 6.45) is 1.23. The number of nitrogens with zero attached hydrogens (tertiary/aromatic N) is 2. The van der Waals surface area contributed by atoms with E-state index in [0.717, 1.165) is 17.7 Å². The number of amides is 1. The van der Waals surface area contributed by atoms with Gasteiger partial charge in [0.15, 0.2) is 0 Å². The van der Waals surface area contributed by atoms with Crippen molar-refractivity contribution in [3.05, 3.63) is 34.9 Å². The lowest BCUT2D eigenvalue weighted by atomic mass is 10.1. The fourth-order valence-electron chi connectivity index (χ4n) is 2.04. The van der Waals surface area contributed by atoms with Gasteiger partial charge in [-0.05, 0) is 17.7 Å². The highest BCUT2D eigenvalue weighted by Gasteiger charge is 2.22. The molecule has 1 saturated heterocycles. The summed E-state index contributed by atoms with van der Waals surface area (Å²) in [6, 6.07) is 7.61. The number of likely N-dealkylation sites (tertiary alicyclic amines) is 1. The topological polar surface area (TPSA) is 44.7 Å². The second kappa shape index (κ2) is 5.87. The van der Waals surface area contributed by atoms with Crippen LogP contribution in [0.3, 0.4) is 0 Å². The van der Waals surface area contributed by atoms with Crippen molar-refractivity contribution in [3.8, 4) is 0 Å². The molecule has 0 spiro atoms. The third-order valence-corrected chi connectivity index (χ3v) is 3.15. The van der Waals surface area contributed by atoms with E-state index in [2.05, 4.69) is 10.5 Å². The van der Waals surface area contributed by atoms with Crippen LogP contribution in [0.5, 0.6) is 0 Å². The minimum Gasteiger partial charge on any atom is -0.338 e. The summed E-state index contributed by atoms with van der Waals surface area (Å²) in [5, 5.41) is 4.79. The summed E-state index contributed by atoms with van der Waals surface area (Å²) in [5.74, 6) is 0.121. The number of piperidine rings is 1. The van der Waals surface area contributed by atoms with E-state index in [4.69, 9.17) is 11.6 Å². The highest BCUT2D eigenvalue weighted by Crippen LogP contribution is 2.16. The molecule has 0 unspecified atom stereocenters. The Balaban J connectivity index is 1.99. The van der Waals surface area contributed by atoms with E-state index >= 15 is 0 Å². The summed E-state index contributed by atoms with van der Waals surface area (Å²) in [4.78, 5) is 13.8. The first kappa shape index (κ1) is 12.9. The van der Waals surface area contributed by atoms with Gasteiger partial charge < -0.3 is 10.3 Å². The maximum atomic E-state index is 12.0. The van der Waals surface area contributed by atoms with Crippen molar-refractivity contribution >= 4 is 23.2 Å². The summed E-state index contributed by atoms with van der Waals surface area (Å²) >= 11 is 5.93. The molecule has 1 heterocycles. The van der Waals surface area contributed by atoms with E-state index in [9.17, 15) is 4.79 Å². The molecule has 0 aliphatic carbocycles. The molecule has 0 aromatic heterocycles. The van der Waals surface area contributed by atoms with Gasteiger partial charge in [0.25, 0.3) is 0 Å². The molecule has 4 nitrogen and oxygen atoms in total. The molecular weight excluding hydrogens is 250 g/mol. The molecule has 1 aliphatic rings. The lowest BCUT2D eigenvalue weighted by Gasteiger charge is -2.27. The number of nitrogens with one attached hydrogen (secondary N) is 1. The molecule has 1 aromatic rings. The molecule has 1 N–H and O–H groups in total. The summed E-state index contributed by atoms with van der Waals surface area (Å²) in [5.41, 5.74) is 4.71. The monoisotopic (exact) mass is 265 g/mol. The second-order valence-corrected chi connectivity index (χ2v) is 4.71. The largest absolute Gasteiger partial charge is 0.338 e. The SMILES string of the molecule is CN/N=C1\CCN(Cc2cccc(Cl)c2)C(=O)C1. The Morgan fingerprint density at radius 3 is 3.00 bits per heavy atom. The molecule has 0 radical (unpaired) electrons. The predicted octanol–water partition coefficient (Wildman–Crippen LogP) is 2.04. The van der Waals surface area contributed by atoms with E-state index < -0.39 is 0 Å². The van der Waals surface area contributed by atoms with Crippen molar-refractivity contribution in [2.75, 3.05) is 13.6 Å². The third-order valence-electron chi connectivity index (χ3n) is 2.91. The molecule has 96 valence electrons. The molecule has 1 aliphatic heterocycles. The number of hydrogen-bond acceptors (Lipinski definition) is 3. The van der Waals surface area contributed by atoms with Gasteiger partial charge in [0.1, 0.15) is 0 Å². The van der Waals surface area contributed by atoms with Crippen LogP contribution in [0.15, 0.2) is 29.4 Å². The van der Waals surface area contributed by atoms with Crippen molar-refractivity contribution < 1.29 is 4.79 Å². The number of carbonyl (C=O) groups excluding carboxylic acids is 1. The zero-order valence-electron chi connectivity index (χ0n) is 10.3. The van der Waals surface area contributed by atoms with Gasteiger partial charge in [-0.15, -0.1) is 0 Å². The van der Waals surface area contributed by atoms with Crippen molar-refractivity contribution in [2.45, 2.75) is 19.4 Å². The Kier molecular flexibility index (Phi) is 4.20. The molecule has 1 amide bonds. The molecule has 0 atom stereocenters. The van der Waals surface area contributed by atoms with Crippen LogP contribution in [0.2, 0.25) is 5.02 Å². The summed E-state index contributed by atoms with van der Waals surface area (Å²) in [6.45, 7) is 1.33. The number of carbonyl (C=O) groups is 1. The highest BCUT2D eigenvalue weighted by molar-refractivity contribution is 6.30. The lowest BCUT2D eigenvalue weighted by Crippen LogP contribution is -2.38. The van der Waals surface area contributed by atoms with Gasteiger partial charge in [-0.1, -0.05) is 23.7 Å². The highest BCUT2D eigenvalue weighted by atomic mass is 35.5. The van der Waals surface area contributed by atoms with Crippen molar-refractivity contribution in [2.24, 2.45) is 5.10 Å². The van der Waals surface area contributed by atoms with E-state index in [0.29, 0.717) is 24.5 Å². The quantitative estimate of drug-likeness (QED) is 0.850. The molecule has 2 rings (SSSR count). The summed E-state index contributed by atoms with van der Waals surface area (Å²) < 4.78 is 0. The van der Waals surface area contributed by atoms with E-state index in [-0.39, 0.29) is 5.91 Å². The molecule has 1 fully saturated rings. The minimum atomic E-state index is 0.121. The van der Waals surface area contributed by atoms with Gasteiger partial charge in [0.05, 0.1) is 6.42 Å². The van der Waals surface area contributed by atoms with E-state index in [1.807, 2.05) is 29.2 Å². The first-order chi connectivity index (χ1) is 8.69. The zero-order valence-corrected chi connectivity index (χ0v) is 11.1. The normalized spacial score (nSPS) is 18.2. The van der Waals surface area contributed by atoms with Crippen LogP contribution in [0.4, 0.5) is 0 Å². The van der Waals surface area contributed by atoms with Crippen LogP contribution < -0.4 is 5.43 Å². The van der Waals surface area contributed by atoms with Gasteiger partial charge in [-0.2, -0.15) is 5.10 Å². The molecule has 5 heteroatoms. The maximum Gasteiger partial charge on any atom is 0.228 e. The Hall–Kier alpha value is -1.55. The fraction of sp³-hybridized carbons (Fsp3) is 0.385. The molecule has 0 bridgehead atoms. The van der Waals surface area contributed by atoms with E-state index in [1.165, 1.54) is 0 Å². The predicted molar refractivity (Wildman–Crippen MR) is 72.6 cm³/mol. The average molecular weight is 266 g/mol. The average Bonchev–Trinajstić information content (AvgIpc) is 2.33. The lowest BCUT2D eigenvalue weighted by molar-refractivity contribution is -0.131. The molecule has 18 heavy (non-hydrogen) atoms. The number of rotatable bonds is 3. The fourth-order valence-corrected chi connectivity index (χ4v) is 2.25. The van der Waals surface area contributed by atoms with Crippen molar-refractivity contribution in [1.29, 1.82) is 0 Å². The second-order valence-electron chi connectivity index (χ2n) is 4.27. The van der Waals surface area contributed by atoms with Crippen LogP contribution in [0, 0.1) is 0 Å². The molecule has 0 saturated carbocycles. The Bertz CT molecular complexity index is 473. The van der Waals surface area contributed by atoms with E-state index in [1.54, 1.807) is 7.05 Å². The standard InChI is InChI=1S/C13H16ClN3O/c1-15-16-12-5-6-17(13(18)8-12)9-10-3-2-4-11(14)7-10/h2-4,7,15H,5-6,8-9H2,1H3/b16-12+.